The highest BCUT2D eigenvalue weighted by molar-refractivity contribution is 14.1. The quantitative estimate of drug-likeness (QED) is 0.851. The van der Waals surface area contributed by atoms with Crippen molar-refractivity contribution in [1.29, 1.82) is 0 Å². The zero-order valence-corrected chi connectivity index (χ0v) is 9.52. The van der Waals surface area contributed by atoms with Crippen LogP contribution in [0.4, 0.5) is 0 Å². The van der Waals surface area contributed by atoms with Crippen molar-refractivity contribution in [2.45, 2.75) is 6.54 Å². The highest BCUT2D eigenvalue weighted by Crippen LogP contribution is 2.28. The van der Waals surface area contributed by atoms with Crippen LogP contribution in [0.5, 0.6) is 5.75 Å². The lowest BCUT2D eigenvalue weighted by Gasteiger charge is -2.07. The molecule has 0 saturated carbocycles. The minimum Gasteiger partial charge on any atom is -0.496 e. The summed E-state index contributed by atoms with van der Waals surface area (Å²) in [5, 5.41) is 0.660. The molecule has 66 valence electrons. The number of halogens is 2. The molecule has 1 rings (SSSR count). The topological polar surface area (TPSA) is 35.2 Å². The Morgan fingerprint density at radius 2 is 2.25 bits per heavy atom. The lowest BCUT2D eigenvalue weighted by atomic mass is 10.2. The lowest BCUT2D eigenvalue weighted by molar-refractivity contribution is 0.411. The molecule has 1 aromatic carbocycles. The smallest absolute Gasteiger partial charge is 0.133 e. The summed E-state index contributed by atoms with van der Waals surface area (Å²) in [6.45, 7) is 0.481. The summed E-state index contributed by atoms with van der Waals surface area (Å²) >= 11 is 8.03. The molecule has 0 atom stereocenters. The Morgan fingerprint density at radius 1 is 1.58 bits per heavy atom. The number of hydrogen-bond acceptors (Lipinski definition) is 2. The Bertz CT molecular complexity index is 265. The third-order valence-corrected chi connectivity index (χ3v) is 2.96. The molecule has 0 heterocycles. The van der Waals surface area contributed by atoms with Crippen molar-refractivity contribution < 1.29 is 4.74 Å². The molecule has 0 amide bonds. The maximum absolute atomic E-state index is 5.84. The molecule has 0 spiro atoms. The molecule has 1 aromatic rings. The van der Waals surface area contributed by atoms with Crippen LogP contribution in [-0.2, 0) is 6.54 Å². The van der Waals surface area contributed by atoms with Crippen LogP contribution in [0.3, 0.4) is 0 Å². The van der Waals surface area contributed by atoms with Gasteiger partial charge in [-0.05, 0) is 40.3 Å². The van der Waals surface area contributed by atoms with Gasteiger partial charge in [-0.15, -0.1) is 0 Å². The van der Waals surface area contributed by atoms with E-state index >= 15 is 0 Å². The van der Waals surface area contributed by atoms with Crippen molar-refractivity contribution in [3.63, 3.8) is 0 Å². The van der Waals surface area contributed by atoms with Gasteiger partial charge < -0.3 is 10.5 Å². The molecular weight excluding hydrogens is 288 g/mol. The summed E-state index contributed by atoms with van der Waals surface area (Å²) in [5.74, 6) is 0.781. The Kier molecular flexibility index (Phi) is 3.61. The second kappa shape index (κ2) is 4.30. The van der Waals surface area contributed by atoms with Gasteiger partial charge in [0, 0.05) is 11.6 Å². The van der Waals surface area contributed by atoms with Crippen molar-refractivity contribution in [3.8, 4) is 5.75 Å². The first-order valence-corrected chi connectivity index (χ1v) is 4.86. The first-order valence-electron chi connectivity index (χ1n) is 3.41. The standard InChI is InChI=1S/C8H9ClINO/c1-12-7-3-6(9)2-5(4-11)8(7)10/h2-3H,4,11H2,1H3. The van der Waals surface area contributed by atoms with Crippen molar-refractivity contribution in [3.05, 3.63) is 26.3 Å². The molecule has 0 aliphatic heterocycles. The van der Waals surface area contributed by atoms with Crippen LogP contribution in [0.1, 0.15) is 5.56 Å². The lowest BCUT2D eigenvalue weighted by Crippen LogP contribution is -2.00. The van der Waals surface area contributed by atoms with Gasteiger partial charge in [0.2, 0.25) is 0 Å². The minimum absolute atomic E-state index is 0.481. The first kappa shape index (κ1) is 10.1. The fourth-order valence-electron chi connectivity index (χ4n) is 0.915. The monoisotopic (exact) mass is 297 g/mol. The van der Waals surface area contributed by atoms with E-state index < -0.39 is 0 Å². The predicted octanol–water partition coefficient (Wildman–Crippen LogP) is 2.41. The van der Waals surface area contributed by atoms with Gasteiger partial charge in [0.1, 0.15) is 5.75 Å². The van der Waals surface area contributed by atoms with E-state index in [2.05, 4.69) is 22.6 Å². The number of ether oxygens (including phenoxy) is 1. The first-order chi connectivity index (χ1) is 5.69. The van der Waals surface area contributed by atoms with E-state index in [0.29, 0.717) is 11.6 Å². The molecule has 0 aromatic heterocycles. The normalized spacial score (nSPS) is 10.0. The second-order valence-corrected chi connectivity index (χ2v) is 3.80. The molecule has 2 N–H and O–H groups in total. The SMILES string of the molecule is COc1cc(Cl)cc(CN)c1I. The Morgan fingerprint density at radius 3 is 2.75 bits per heavy atom. The molecule has 12 heavy (non-hydrogen) atoms. The molecule has 0 aliphatic rings. The van der Waals surface area contributed by atoms with Crippen LogP contribution in [0.25, 0.3) is 0 Å². The largest absolute Gasteiger partial charge is 0.496 e. The average Bonchev–Trinajstić information content (AvgIpc) is 2.08. The number of benzene rings is 1. The molecule has 0 aliphatic carbocycles. The Balaban J connectivity index is 3.22. The van der Waals surface area contributed by atoms with Gasteiger partial charge >= 0.3 is 0 Å². The molecule has 0 radical (unpaired) electrons. The van der Waals surface area contributed by atoms with Crippen molar-refractivity contribution in [1.82, 2.24) is 0 Å². The summed E-state index contributed by atoms with van der Waals surface area (Å²) in [5.41, 5.74) is 6.54. The van der Waals surface area contributed by atoms with Crippen LogP contribution in [0.2, 0.25) is 5.02 Å². The minimum atomic E-state index is 0.481. The number of hydrogen-bond donors (Lipinski definition) is 1. The number of nitrogens with two attached hydrogens (primary N) is 1. The summed E-state index contributed by atoms with van der Waals surface area (Å²) < 4.78 is 6.15. The van der Waals surface area contributed by atoms with E-state index in [0.717, 1.165) is 14.9 Å². The summed E-state index contributed by atoms with van der Waals surface area (Å²) in [6.07, 6.45) is 0. The van der Waals surface area contributed by atoms with E-state index in [1.165, 1.54) is 0 Å². The van der Waals surface area contributed by atoms with Crippen molar-refractivity contribution in [2.24, 2.45) is 5.73 Å². The van der Waals surface area contributed by atoms with Gasteiger partial charge in [-0.1, -0.05) is 11.6 Å². The molecule has 4 heteroatoms. The number of methoxy groups -OCH3 is 1. The fourth-order valence-corrected chi connectivity index (χ4v) is 1.90. The summed E-state index contributed by atoms with van der Waals surface area (Å²) in [4.78, 5) is 0. The van der Waals surface area contributed by atoms with Gasteiger partial charge in [-0.3, -0.25) is 0 Å². The Labute approximate surface area is 90.2 Å². The Hall–Kier alpha value is -0.000000000000000111. The van der Waals surface area contributed by atoms with E-state index in [4.69, 9.17) is 22.1 Å². The van der Waals surface area contributed by atoms with Gasteiger partial charge in [0.15, 0.2) is 0 Å². The summed E-state index contributed by atoms with van der Waals surface area (Å²) in [6, 6.07) is 3.63. The molecule has 2 nitrogen and oxygen atoms in total. The molecule has 0 fully saturated rings. The van der Waals surface area contributed by atoms with E-state index in [9.17, 15) is 0 Å². The van der Waals surface area contributed by atoms with Gasteiger partial charge in [-0.2, -0.15) is 0 Å². The molecule has 0 unspecified atom stereocenters. The van der Waals surface area contributed by atoms with Crippen LogP contribution in [-0.4, -0.2) is 7.11 Å². The van der Waals surface area contributed by atoms with Crippen molar-refractivity contribution >= 4 is 34.2 Å². The predicted molar refractivity (Wildman–Crippen MR) is 58.6 cm³/mol. The molecular formula is C8H9ClINO. The zero-order chi connectivity index (χ0) is 9.14. The third kappa shape index (κ3) is 2.02. The van der Waals surface area contributed by atoms with Gasteiger partial charge in [0.05, 0.1) is 10.7 Å². The van der Waals surface area contributed by atoms with E-state index in [1.54, 1.807) is 13.2 Å². The van der Waals surface area contributed by atoms with Gasteiger partial charge in [0.25, 0.3) is 0 Å². The fraction of sp³-hybridized carbons (Fsp3) is 0.250. The van der Waals surface area contributed by atoms with E-state index in [-0.39, 0.29) is 0 Å². The van der Waals surface area contributed by atoms with Gasteiger partial charge in [-0.25, -0.2) is 0 Å². The number of rotatable bonds is 2. The van der Waals surface area contributed by atoms with Crippen molar-refractivity contribution in [2.75, 3.05) is 7.11 Å². The van der Waals surface area contributed by atoms with E-state index in [1.807, 2.05) is 6.07 Å². The molecule has 0 bridgehead atoms. The second-order valence-electron chi connectivity index (χ2n) is 2.29. The third-order valence-electron chi connectivity index (χ3n) is 1.52. The highest BCUT2D eigenvalue weighted by atomic mass is 127. The maximum atomic E-state index is 5.84. The van der Waals surface area contributed by atoms with Crippen LogP contribution in [0.15, 0.2) is 12.1 Å². The molecule has 0 saturated heterocycles. The highest BCUT2D eigenvalue weighted by Gasteiger charge is 2.06. The zero-order valence-electron chi connectivity index (χ0n) is 6.60. The van der Waals surface area contributed by atoms with Crippen LogP contribution in [0, 0.1) is 3.57 Å². The maximum Gasteiger partial charge on any atom is 0.133 e. The van der Waals surface area contributed by atoms with Crippen LogP contribution < -0.4 is 10.5 Å². The van der Waals surface area contributed by atoms with Crippen LogP contribution >= 0.6 is 34.2 Å². The average molecular weight is 298 g/mol. The summed E-state index contributed by atoms with van der Waals surface area (Å²) in [7, 11) is 1.62.